The molecule has 1 aromatic heterocycles. The van der Waals surface area contributed by atoms with Gasteiger partial charge in [-0.2, -0.15) is 5.10 Å². The molecule has 0 aliphatic carbocycles. The fraction of sp³-hybridized carbons (Fsp3) is 0.357. The third-order valence-electron chi connectivity index (χ3n) is 3.50. The van der Waals surface area contributed by atoms with E-state index in [2.05, 4.69) is 10.1 Å². The Balaban J connectivity index is 1.85. The molecule has 1 aromatic carbocycles. The van der Waals surface area contributed by atoms with Crippen molar-refractivity contribution in [1.29, 1.82) is 0 Å². The summed E-state index contributed by atoms with van der Waals surface area (Å²) in [5.74, 6) is 0.736. The maximum Gasteiger partial charge on any atom is 0.328 e. The fourth-order valence-corrected chi connectivity index (χ4v) is 2.50. The second kappa shape index (κ2) is 4.96. The van der Waals surface area contributed by atoms with Gasteiger partial charge in [-0.3, -0.25) is 0 Å². The van der Waals surface area contributed by atoms with Crippen molar-refractivity contribution in [3.8, 4) is 5.75 Å². The van der Waals surface area contributed by atoms with Crippen LogP contribution in [0.5, 0.6) is 5.75 Å². The number of nitrogens with zero attached hydrogens (tertiary/aromatic N) is 3. The maximum absolute atomic E-state index is 11.2. The molecule has 0 fully saturated rings. The molecule has 104 valence electrons. The summed E-state index contributed by atoms with van der Waals surface area (Å²) in [7, 11) is 0. The van der Waals surface area contributed by atoms with Gasteiger partial charge in [0.05, 0.1) is 0 Å². The van der Waals surface area contributed by atoms with Gasteiger partial charge in [0.2, 0.25) is 0 Å². The van der Waals surface area contributed by atoms with E-state index >= 15 is 0 Å². The van der Waals surface area contributed by atoms with Gasteiger partial charge in [0.25, 0.3) is 0 Å². The van der Waals surface area contributed by atoms with Crippen molar-refractivity contribution in [2.24, 2.45) is 0 Å². The predicted octanol–water partition coefficient (Wildman–Crippen LogP) is 1.54. The number of aliphatic carboxylic acids is 1. The van der Waals surface area contributed by atoms with Crippen LogP contribution >= 0.6 is 0 Å². The molecule has 3 rings (SSSR count). The molecule has 0 radical (unpaired) electrons. The van der Waals surface area contributed by atoms with E-state index in [9.17, 15) is 15.0 Å². The third-order valence-corrected chi connectivity index (χ3v) is 3.50. The number of carboxylic acids is 1. The molecule has 0 spiro atoms. The summed E-state index contributed by atoms with van der Waals surface area (Å²) in [6.07, 6.45) is 2.73. The van der Waals surface area contributed by atoms with E-state index in [4.69, 9.17) is 0 Å². The van der Waals surface area contributed by atoms with Crippen LogP contribution in [0.15, 0.2) is 24.3 Å². The topological polar surface area (TPSA) is 88.2 Å². The number of benzene rings is 1. The molecule has 1 aliphatic heterocycles. The molecule has 0 saturated carbocycles. The molecule has 0 saturated heterocycles. The van der Waals surface area contributed by atoms with Crippen molar-refractivity contribution < 1.29 is 15.0 Å². The van der Waals surface area contributed by atoms with Crippen molar-refractivity contribution in [2.45, 2.75) is 31.7 Å². The van der Waals surface area contributed by atoms with Gasteiger partial charge in [0.15, 0.2) is 11.9 Å². The number of phenolic OH excluding ortho intramolecular Hbond substituents is 1. The SMILES string of the molecule is O=C(O)C1CCCc2nc(Cc3ccc(O)cc3)nn21. The highest BCUT2D eigenvalue weighted by Gasteiger charge is 2.28. The van der Waals surface area contributed by atoms with Gasteiger partial charge in [-0.15, -0.1) is 0 Å². The predicted molar refractivity (Wildman–Crippen MR) is 70.5 cm³/mol. The molecule has 2 N–H and O–H groups in total. The molecule has 6 heteroatoms. The summed E-state index contributed by atoms with van der Waals surface area (Å²) in [5, 5.41) is 22.8. The maximum atomic E-state index is 11.2. The van der Waals surface area contributed by atoms with E-state index in [1.54, 1.807) is 16.8 Å². The van der Waals surface area contributed by atoms with Crippen molar-refractivity contribution in [3.05, 3.63) is 41.5 Å². The Hall–Kier alpha value is -2.37. The van der Waals surface area contributed by atoms with Crippen LogP contribution < -0.4 is 0 Å². The molecule has 1 unspecified atom stereocenters. The number of aryl methyl sites for hydroxylation is 1. The molecule has 6 nitrogen and oxygen atoms in total. The second-order valence-corrected chi connectivity index (χ2v) is 4.98. The van der Waals surface area contributed by atoms with Gasteiger partial charge in [-0.1, -0.05) is 12.1 Å². The minimum atomic E-state index is -0.855. The minimum absolute atomic E-state index is 0.219. The number of phenols is 1. The van der Waals surface area contributed by atoms with E-state index in [1.807, 2.05) is 12.1 Å². The first-order chi connectivity index (χ1) is 9.63. The third kappa shape index (κ3) is 2.36. The first-order valence-electron chi connectivity index (χ1n) is 6.58. The van der Waals surface area contributed by atoms with E-state index in [-0.39, 0.29) is 5.75 Å². The molecule has 2 heterocycles. The average Bonchev–Trinajstić information content (AvgIpc) is 2.83. The van der Waals surface area contributed by atoms with Gasteiger partial charge in [-0.25, -0.2) is 14.5 Å². The Morgan fingerprint density at radius 3 is 2.80 bits per heavy atom. The lowest BCUT2D eigenvalue weighted by Crippen LogP contribution is -2.26. The Morgan fingerprint density at radius 2 is 2.10 bits per heavy atom. The molecule has 20 heavy (non-hydrogen) atoms. The lowest BCUT2D eigenvalue weighted by Gasteiger charge is -2.19. The van der Waals surface area contributed by atoms with Crippen LogP contribution in [0, 0.1) is 0 Å². The van der Waals surface area contributed by atoms with Crippen LogP contribution in [0.4, 0.5) is 0 Å². The molecule has 0 bridgehead atoms. The summed E-state index contributed by atoms with van der Waals surface area (Å²) in [6.45, 7) is 0. The van der Waals surface area contributed by atoms with Gasteiger partial charge < -0.3 is 10.2 Å². The highest BCUT2D eigenvalue weighted by atomic mass is 16.4. The zero-order valence-electron chi connectivity index (χ0n) is 10.9. The summed E-state index contributed by atoms with van der Waals surface area (Å²) in [4.78, 5) is 15.6. The summed E-state index contributed by atoms with van der Waals surface area (Å²) in [6, 6.07) is 6.25. The van der Waals surface area contributed by atoms with Gasteiger partial charge >= 0.3 is 5.97 Å². The Labute approximate surface area is 115 Å². The van der Waals surface area contributed by atoms with Crippen molar-refractivity contribution in [2.75, 3.05) is 0 Å². The molecular formula is C14H15N3O3. The summed E-state index contributed by atoms with van der Waals surface area (Å²) < 4.78 is 1.54. The Morgan fingerprint density at radius 1 is 1.35 bits per heavy atom. The van der Waals surface area contributed by atoms with E-state index < -0.39 is 12.0 Å². The standard InChI is InChI=1S/C14H15N3O3/c18-10-6-4-9(5-7-10)8-12-15-13-3-1-2-11(14(19)20)17(13)16-12/h4-7,11,18H,1-3,8H2,(H,19,20). The lowest BCUT2D eigenvalue weighted by atomic mass is 10.1. The molecule has 1 atom stereocenters. The van der Waals surface area contributed by atoms with Crippen LogP contribution in [0.1, 0.15) is 36.1 Å². The highest BCUT2D eigenvalue weighted by Crippen LogP contribution is 2.24. The first kappa shape index (κ1) is 12.7. The number of carboxylic acid groups (broad SMARTS) is 1. The quantitative estimate of drug-likeness (QED) is 0.885. The van der Waals surface area contributed by atoms with E-state index in [0.717, 1.165) is 24.2 Å². The summed E-state index contributed by atoms with van der Waals surface area (Å²) >= 11 is 0. The van der Waals surface area contributed by atoms with Crippen LogP contribution in [0.25, 0.3) is 0 Å². The van der Waals surface area contributed by atoms with E-state index in [0.29, 0.717) is 18.7 Å². The van der Waals surface area contributed by atoms with Crippen LogP contribution in [0.3, 0.4) is 0 Å². The Bertz CT molecular complexity index is 634. The number of fused-ring (bicyclic) bond motifs is 1. The molecular weight excluding hydrogens is 258 g/mol. The Kier molecular flexibility index (Phi) is 3.14. The van der Waals surface area contributed by atoms with Crippen molar-refractivity contribution >= 4 is 5.97 Å². The smallest absolute Gasteiger partial charge is 0.328 e. The van der Waals surface area contributed by atoms with Crippen LogP contribution in [-0.4, -0.2) is 30.9 Å². The number of aromatic nitrogens is 3. The minimum Gasteiger partial charge on any atom is -0.508 e. The van der Waals surface area contributed by atoms with Crippen LogP contribution in [0.2, 0.25) is 0 Å². The number of rotatable bonds is 3. The lowest BCUT2D eigenvalue weighted by molar-refractivity contribution is -0.141. The number of carbonyl (C=O) groups is 1. The molecule has 0 amide bonds. The first-order valence-corrected chi connectivity index (χ1v) is 6.58. The number of aromatic hydroxyl groups is 1. The number of hydrogen-bond donors (Lipinski definition) is 2. The van der Waals surface area contributed by atoms with Gasteiger partial charge in [0.1, 0.15) is 11.6 Å². The van der Waals surface area contributed by atoms with Gasteiger partial charge in [0, 0.05) is 12.8 Å². The monoisotopic (exact) mass is 273 g/mol. The van der Waals surface area contributed by atoms with E-state index in [1.165, 1.54) is 0 Å². The number of hydrogen-bond acceptors (Lipinski definition) is 4. The summed E-state index contributed by atoms with van der Waals surface area (Å²) in [5.41, 5.74) is 0.984. The second-order valence-electron chi connectivity index (χ2n) is 4.98. The van der Waals surface area contributed by atoms with Crippen molar-refractivity contribution in [3.63, 3.8) is 0 Å². The zero-order valence-corrected chi connectivity index (χ0v) is 10.9. The molecule has 2 aromatic rings. The fourth-order valence-electron chi connectivity index (χ4n) is 2.50. The zero-order chi connectivity index (χ0) is 14.1. The van der Waals surface area contributed by atoms with Crippen molar-refractivity contribution in [1.82, 2.24) is 14.8 Å². The average molecular weight is 273 g/mol. The highest BCUT2D eigenvalue weighted by molar-refractivity contribution is 5.71. The van der Waals surface area contributed by atoms with Crippen LogP contribution in [-0.2, 0) is 17.6 Å². The largest absolute Gasteiger partial charge is 0.508 e. The van der Waals surface area contributed by atoms with Gasteiger partial charge in [-0.05, 0) is 30.5 Å². The molecule has 1 aliphatic rings. The normalized spacial score (nSPS) is 17.7.